The Morgan fingerprint density at radius 1 is 0.897 bits per heavy atom. The van der Waals surface area contributed by atoms with Crippen molar-refractivity contribution in [2.45, 2.75) is 112 Å². The van der Waals surface area contributed by atoms with Crippen molar-refractivity contribution in [3.63, 3.8) is 0 Å². The summed E-state index contributed by atoms with van der Waals surface area (Å²) in [5.74, 6) is 0.944. The fourth-order valence-electron chi connectivity index (χ4n) is 4.52. The van der Waals surface area contributed by atoms with Gasteiger partial charge in [0.1, 0.15) is 11.5 Å². The molecule has 0 bridgehead atoms. The van der Waals surface area contributed by atoms with E-state index in [-0.39, 0.29) is 18.2 Å². The fourth-order valence-corrected chi connectivity index (χ4v) is 4.52. The fraction of sp³-hybridized carbons (Fsp3) is 0.576. The number of hydrogen-bond acceptors (Lipinski definition) is 6. The Balaban J connectivity index is 1.98. The molecule has 0 radical (unpaired) electrons. The third-order valence-corrected chi connectivity index (χ3v) is 7.20. The summed E-state index contributed by atoms with van der Waals surface area (Å²) in [6.45, 7) is 12.5. The SMILES string of the molecule is COC(=O)CC/C(C)=C/CC/C(C)=C/CC/C(C)=C\Cc1cc(OC2CCCCO2)c(C)c(C)c1OC(C)=O. The van der Waals surface area contributed by atoms with Crippen LogP contribution >= 0.6 is 0 Å². The molecular weight excluding hydrogens is 492 g/mol. The average molecular weight is 541 g/mol. The van der Waals surface area contributed by atoms with Gasteiger partial charge in [-0.15, -0.1) is 0 Å². The van der Waals surface area contributed by atoms with E-state index in [0.717, 1.165) is 80.4 Å². The average Bonchev–Trinajstić information content (AvgIpc) is 2.91. The van der Waals surface area contributed by atoms with Crippen LogP contribution in [0, 0.1) is 13.8 Å². The van der Waals surface area contributed by atoms with Gasteiger partial charge in [0.25, 0.3) is 0 Å². The molecule has 0 spiro atoms. The van der Waals surface area contributed by atoms with Crippen LogP contribution in [0.25, 0.3) is 0 Å². The molecule has 0 saturated carbocycles. The number of allylic oxidation sites excluding steroid dienone is 6. The second-order valence-corrected chi connectivity index (χ2v) is 10.6. The van der Waals surface area contributed by atoms with Gasteiger partial charge < -0.3 is 18.9 Å². The molecule has 1 atom stereocenters. The molecule has 1 aromatic rings. The summed E-state index contributed by atoms with van der Waals surface area (Å²) in [4.78, 5) is 23.1. The monoisotopic (exact) mass is 540 g/mol. The predicted molar refractivity (Wildman–Crippen MR) is 156 cm³/mol. The largest absolute Gasteiger partial charge is 0.469 e. The molecule has 1 heterocycles. The van der Waals surface area contributed by atoms with Crippen molar-refractivity contribution in [3.8, 4) is 11.5 Å². The van der Waals surface area contributed by atoms with E-state index < -0.39 is 0 Å². The summed E-state index contributed by atoms with van der Waals surface area (Å²) >= 11 is 0. The molecule has 216 valence electrons. The lowest BCUT2D eigenvalue weighted by Gasteiger charge is -2.25. The minimum absolute atomic E-state index is 0.162. The molecule has 0 amide bonds. The smallest absolute Gasteiger partial charge is 0.308 e. The lowest BCUT2D eigenvalue weighted by molar-refractivity contribution is -0.140. The quantitative estimate of drug-likeness (QED) is 0.135. The third-order valence-electron chi connectivity index (χ3n) is 7.20. The standard InChI is InChI=1S/C33H48O6/c1-23(13-11-15-25(3)18-20-31(35)36-7)12-10-14-24(2)17-19-29-22-30(39-32-16-8-9-21-37-32)26(4)27(5)33(29)38-28(6)34/h12,15,17,22,32H,8-11,13-14,16,18-21H2,1-7H3/b23-12+,24-17-,25-15+. The lowest BCUT2D eigenvalue weighted by atomic mass is 9.99. The second kappa shape index (κ2) is 17.0. The Labute approximate surface area is 235 Å². The molecule has 1 saturated heterocycles. The van der Waals surface area contributed by atoms with E-state index in [4.69, 9.17) is 18.9 Å². The van der Waals surface area contributed by atoms with Gasteiger partial charge in [-0.05, 0) is 103 Å². The van der Waals surface area contributed by atoms with Crippen molar-refractivity contribution in [1.82, 2.24) is 0 Å². The zero-order valence-corrected chi connectivity index (χ0v) is 25.1. The Kier molecular flexibility index (Phi) is 14.1. The number of methoxy groups -OCH3 is 1. The number of esters is 2. The molecule has 39 heavy (non-hydrogen) atoms. The lowest BCUT2D eigenvalue weighted by Crippen LogP contribution is -2.25. The van der Waals surface area contributed by atoms with Crippen molar-refractivity contribution >= 4 is 11.9 Å². The van der Waals surface area contributed by atoms with Gasteiger partial charge in [0.15, 0.2) is 6.29 Å². The molecule has 2 rings (SSSR count). The van der Waals surface area contributed by atoms with Gasteiger partial charge in [0.2, 0.25) is 0 Å². The highest BCUT2D eigenvalue weighted by Gasteiger charge is 2.20. The zero-order valence-electron chi connectivity index (χ0n) is 25.1. The minimum atomic E-state index is -0.321. The molecule has 1 aliphatic heterocycles. The Morgan fingerprint density at radius 2 is 1.54 bits per heavy atom. The van der Waals surface area contributed by atoms with Crippen molar-refractivity contribution < 1.29 is 28.5 Å². The molecule has 1 aliphatic rings. The summed E-state index contributed by atoms with van der Waals surface area (Å²) in [5.41, 5.74) is 6.73. The normalized spacial score (nSPS) is 16.7. The Bertz CT molecular complexity index is 1060. The van der Waals surface area contributed by atoms with Gasteiger partial charge in [0, 0.05) is 25.3 Å². The number of carbonyl (C=O) groups excluding carboxylic acids is 2. The van der Waals surface area contributed by atoms with Crippen LogP contribution in [0.2, 0.25) is 0 Å². The van der Waals surface area contributed by atoms with Crippen LogP contribution in [0.15, 0.2) is 41.0 Å². The van der Waals surface area contributed by atoms with E-state index in [1.165, 1.54) is 30.8 Å². The topological polar surface area (TPSA) is 71.1 Å². The first-order chi connectivity index (χ1) is 18.6. The van der Waals surface area contributed by atoms with Gasteiger partial charge in [-0.3, -0.25) is 9.59 Å². The Morgan fingerprint density at radius 3 is 2.13 bits per heavy atom. The molecule has 1 aromatic carbocycles. The number of ether oxygens (including phenoxy) is 4. The number of hydrogen-bond donors (Lipinski definition) is 0. The first kappa shape index (κ1) is 32.4. The van der Waals surface area contributed by atoms with Crippen LogP contribution in [0.5, 0.6) is 11.5 Å². The third kappa shape index (κ3) is 11.8. The van der Waals surface area contributed by atoms with Crippen LogP contribution in [-0.4, -0.2) is 31.9 Å². The van der Waals surface area contributed by atoms with Crippen LogP contribution < -0.4 is 9.47 Å². The molecule has 0 N–H and O–H groups in total. The number of carbonyl (C=O) groups is 2. The van der Waals surface area contributed by atoms with E-state index in [9.17, 15) is 9.59 Å². The van der Waals surface area contributed by atoms with Crippen molar-refractivity contribution in [3.05, 3.63) is 57.7 Å². The molecule has 0 aromatic heterocycles. The van der Waals surface area contributed by atoms with Gasteiger partial charge in [0.05, 0.1) is 13.7 Å². The van der Waals surface area contributed by atoms with Crippen LogP contribution in [0.4, 0.5) is 0 Å². The minimum Gasteiger partial charge on any atom is -0.469 e. The van der Waals surface area contributed by atoms with E-state index in [1.54, 1.807) is 0 Å². The maximum atomic E-state index is 11.8. The van der Waals surface area contributed by atoms with E-state index in [0.29, 0.717) is 18.6 Å². The highest BCUT2D eigenvalue weighted by molar-refractivity contribution is 5.71. The van der Waals surface area contributed by atoms with E-state index in [2.05, 4.69) is 39.0 Å². The highest BCUT2D eigenvalue weighted by atomic mass is 16.7. The summed E-state index contributed by atoms with van der Waals surface area (Å²) in [6.07, 6.45) is 15.4. The zero-order chi connectivity index (χ0) is 28.8. The molecule has 6 heteroatoms. The van der Waals surface area contributed by atoms with Crippen molar-refractivity contribution in [1.29, 1.82) is 0 Å². The summed E-state index contributed by atoms with van der Waals surface area (Å²) in [5, 5.41) is 0. The molecular formula is C33H48O6. The summed E-state index contributed by atoms with van der Waals surface area (Å²) < 4.78 is 22.4. The van der Waals surface area contributed by atoms with E-state index >= 15 is 0 Å². The summed E-state index contributed by atoms with van der Waals surface area (Å²) in [7, 11) is 1.43. The molecule has 1 unspecified atom stereocenters. The molecule has 6 nitrogen and oxygen atoms in total. The maximum absolute atomic E-state index is 11.8. The second-order valence-electron chi connectivity index (χ2n) is 10.6. The summed E-state index contributed by atoms with van der Waals surface area (Å²) in [6, 6.07) is 2.01. The van der Waals surface area contributed by atoms with Crippen LogP contribution in [-0.2, 0) is 25.5 Å². The van der Waals surface area contributed by atoms with Crippen LogP contribution in [0.3, 0.4) is 0 Å². The number of rotatable bonds is 14. The van der Waals surface area contributed by atoms with Gasteiger partial charge in [-0.1, -0.05) is 34.9 Å². The Hall–Kier alpha value is -2.86. The van der Waals surface area contributed by atoms with Gasteiger partial charge in [-0.25, -0.2) is 0 Å². The van der Waals surface area contributed by atoms with Crippen LogP contribution in [0.1, 0.15) is 102 Å². The van der Waals surface area contributed by atoms with Crippen molar-refractivity contribution in [2.75, 3.05) is 13.7 Å². The predicted octanol–water partition coefficient (Wildman–Crippen LogP) is 8.03. The molecule has 1 fully saturated rings. The first-order valence-corrected chi connectivity index (χ1v) is 14.2. The molecule has 0 aliphatic carbocycles. The highest BCUT2D eigenvalue weighted by Crippen LogP contribution is 2.36. The number of benzene rings is 1. The first-order valence-electron chi connectivity index (χ1n) is 14.2. The van der Waals surface area contributed by atoms with E-state index in [1.807, 2.05) is 19.9 Å². The van der Waals surface area contributed by atoms with Crippen molar-refractivity contribution in [2.24, 2.45) is 0 Å². The van der Waals surface area contributed by atoms with Gasteiger partial charge >= 0.3 is 11.9 Å². The van der Waals surface area contributed by atoms with Gasteiger partial charge in [-0.2, -0.15) is 0 Å². The maximum Gasteiger partial charge on any atom is 0.308 e.